The minimum absolute atomic E-state index is 0.0431. The van der Waals surface area contributed by atoms with Crippen molar-refractivity contribution in [2.45, 2.75) is 19.1 Å². The Morgan fingerprint density at radius 3 is 2.87 bits per heavy atom. The number of amides is 2. The molecule has 1 aromatic heterocycles. The van der Waals surface area contributed by atoms with Gasteiger partial charge < -0.3 is 15.7 Å². The number of hydrogen-bond donors (Lipinski definition) is 3. The van der Waals surface area contributed by atoms with Gasteiger partial charge in [-0.05, 0) is 24.6 Å². The molecule has 0 aliphatic rings. The van der Waals surface area contributed by atoms with Crippen LogP contribution in [0, 0.1) is 5.82 Å². The smallest absolute Gasteiger partial charge is 0.315 e. The Morgan fingerprint density at radius 2 is 2.26 bits per heavy atom. The normalized spacial score (nSPS) is 13.4. The predicted molar refractivity (Wildman–Crippen MR) is 84.5 cm³/mol. The molecule has 2 rings (SSSR count). The largest absolute Gasteiger partial charge is 0.386 e. The highest BCUT2D eigenvalue weighted by Gasteiger charge is 2.15. The van der Waals surface area contributed by atoms with E-state index in [1.54, 1.807) is 24.9 Å². The fourth-order valence-corrected chi connectivity index (χ4v) is 2.43. The monoisotopic (exact) mass is 340 g/mol. The molecule has 0 saturated carbocycles. The zero-order valence-electron chi connectivity index (χ0n) is 12.8. The lowest BCUT2D eigenvalue weighted by molar-refractivity contribution is 0.172. The van der Waals surface area contributed by atoms with Crippen molar-refractivity contribution in [3.05, 3.63) is 52.6 Å². The van der Waals surface area contributed by atoms with E-state index in [2.05, 4.69) is 15.7 Å². The number of aromatic nitrogens is 2. The molecule has 3 N–H and O–H groups in total. The molecule has 6 nitrogen and oxygen atoms in total. The molecule has 2 amide bonds. The number of urea groups is 1. The summed E-state index contributed by atoms with van der Waals surface area (Å²) < 4.78 is 14.6. The molecule has 0 aliphatic heterocycles. The fourth-order valence-electron chi connectivity index (χ4n) is 2.10. The van der Waals surface area contributed by atoms with Gasteiger partial charge in [0.2, 0.25) is 0 Å². The predicted octanol–water partition coefficient (Wildman–Crippen LogP) is 2.31. The van der Waals surface area contributed by atoms with E-state index in [0.29, 0.717) is 11.1 Å². The molecule has 0 radical (unpaired) electrons. The van der Waals surface area contributed by atoms with Crippen LogP contribution in [0.5, 0.6) is 0 Å². The molecule has 2 unspecified atom stereocenters. The molecule has 0 spiro atoms. The number of rotatable bonds is 5. The van der Waals surface area contributed by atoms with Crippen molar-refractivity contribution in [1.29, 1.82) is 0 Å². The van der Waals surface area contributed by atoms with Gasteiger partial charge in [-0.3, -0.25) is 4.68 Å². The van der Waals surface area contributed by atoms with Crippen molar-refractivity contribution in [2.75, 3.05) is 6.54 Å². The average Bonchev–Trinajstić information content (AvgIpc) is 2.91. The zero-order valence-corrected chi connectivity index (χ0v) is 13.5. The van der Waals surface area contributed by atoms with E-state index in [1.165, 1.54) is 24.4 Å². The topological polar surface area (TPSA) is 79.2 Å². The second kappa shape index (κ2) is 7.43. The average molecular weight is 341 g/mol. The third kappa shape index (κ3) is 4.67. The van der Waals surface area contributed by atoms with Crippen LogP contribution in [-0.4, -0.2) is 27.5 Å². The van der Waals surface area contributed by atoms with E-state index in [-0.39, 0.29) is 11.6 Å². The van der Waals surface area contributed by atoms with Crippen LogP contribution in [0.1, 0.15) is 30.2 Å². The van der Waals surface area contributed by atoms with Gasteiger partial charge in [0.15, 0.2) is 0 Å². The molecule has 23 heavy (non-hydrogen) atoms. The maximum absolute atomic E-state index is 13.0. The van der Waals surface area contributed by atoms with Crippen molar-refractivity contribution < 1.29 is 14.3 Å². The summed E-state index contributed by atoms with van der Waals surface area (Å²) in [7, 11) is 1.74. The molecule has 2 aromatic rings. The van der Waals surface area contributed by atoms with Crippen LogP contribution in [0.15, 0.2) is 30.6 Å². The second-order valence-electron chi connectivity index (χ2n) is 5.21. The number of carbonyl (C=O) groups is 1. The van der Waals surface area contributed by atoms with E-state index in [0.717, 1.165) is 0 Å². The van der Waals surface area contributed by atoms with Gasteiger partial charge in [0, 0.05) is 30.4 Å². The van der Waals surface area contributed by atoms with Gasteiger partial charge in [-0.25, -0.2) is 9.18 Å². The van der Waals surface area contributed by atoms with Crippen LogP contribution in [0.2, 0.25) is 5.02 Å². The summed E-state index contributed by atoms with van der Waals surface area (Å²) in [6, 6.07) is 3.13. The van der Waals surface area contributed by atoms with Crippen molar-refractivity contribution in [3.63, 3.8) is 0 Å². The first kappa shape index (κ1) is 17.2. The Labute approximate surface area is 138 Å². The molecule has 8 heteroatoms. The van der Waals surface area contributed by atoms with Crippen LogP contribution >= 0.6 is 11.6 Å². The van der Waals surface area contributed by atoms with Crippen LogP contribution in [0.25, 0.3) is 0 Å². The summed E-state index contributed by atoms with van der Waals surface area (Å²) in [5, 5.41) is 19.4. The molecule has 0 saturated heterocycles. The molecule has 0 aliphatic carbocycles. The fraction of sp³-hybridized carbons (Fsp3) is 0.333. The Kier molecular flexibility index (Phi) is 5.57. The molecular weight excluding hydrogens is 323 g/mol. The minimum Gasteiger partial charge on any atom is -0.386 e. The first-order chi connectivity index (χ1) is 10.9. The van der Waals surface area contributed by atoms with E-state index in [9.17, 15) is 14.3 Å². The number of benzene rings is 1. The summed E-state index contributed by atoms with van der Waals surface area (Å²) in [5.74, 6) is -0.435. The summed E-state index contributed by atoms with van der Waals surface area (Å²) in [6.07, 6.45) is 2.36. The molecule has 2 atom stereocenters. The lowest BCUT2D eigenvalue weighted by Gasteiger charge is -2.17. The highest BCUT2D eigenvalue weighted by Crippen LogP contribution is 2.23. The minimum atomic E-state index is -0.848. The van der Waals surface area contributed by atoms with Crippen LogP contribution < -0.4 is 10.6 Å². The molecule has 1 aromatic carbocycles. The van der Waals surface area contributed by atoms with E-state index in [4.69, 9.17) is 11.6 Å². The summed E-state index contributed by atoms with van der Waals surface area (Å²) in [6.45, 7) is 1.78. The number of aliphatic hydroxyl groups excluding tert-OH is 1. The lowest BCUT2D eigenvalue weighted by Crippen LogP contribution is -2.39. The SMILES string of the molecule is CC(NC(=O)NCC(O)c1cnn(C)c1)c1ccc(F)cc1Cl. The van der Waals surface area contributed by atoms with Crippen molar-refractivity contribution in [1.82, 2.24) is 20.4 Å². The summed E-state index contributed by atoms with van der Waals surface area (Å²) >= 11 is 5.96. The number of carbonyl (C=O) groups excluding carboxylic acids is 1. The van der Waals surface area contributed by atoms with Gasteiger partial charge in [-0.1, -0.05) is 17.7 Å². The van der Waals surface area contributed by atoms with Gasteiger partial charge in [0.25, 0.3) is 0 Å². The number of nitrogens with zero attached hydrogens (tertiary/aromatic N) is 2. The number of aliphatic hydroxyl groups is 1. The summed E-state index contributed by atoms with van der Waals surface area (Å²) in [5.41, 5.74) is 1.22. The number of halogens is 2. The Bertz CT molecular complexity index is 692. The Morgan fingerprint density at radius 1 is 1.52 bits per heavy atom. The van der Waals surface area contributed by atoms with Crippen LogP contribution in [0.3, 0.4) is 0 Å². The van der Waals surface area contributed by atoms with Crippen molar-refractivity contribution >= 4 is 17.6 Å². The third-order valence-corrected chi connectivity index (χ3v) is 3.67. The van der Waals surface area contributed by atoms with Crippen molar-refractivity contribution in [2.24, 2.45) is 7.05 Å². The first-order valence-electron chi connectivity index (χ1n) is 7.02. The second-order valence-corrected chi connectivity index (χ2v) is 5.61. The van der Waals surface area contributed by atoms with E-state index >= 15 is 0 Å². The van der Waals surface area contributed by atoms with Gasteiger partial charge in [0.1, 0.15) is 5.82 Å². The van der Waals surface area contributed by atoms with Crippen molar-refractivity contribution in [3.8, 4) is 0 Å². The van der Waals surface area contributed by atoms with Crippen LogP contribution in [-0.2, 0) is 7.05 Å². The molecule has 1 heterocycles. The van der Waals surface area contributed by atoms with E-state index in [1.807, 2.05) is 0 Å². The first-order valence-corrected chi connectivity index (χ1v) is 7.40. The molecule has 0 fully saturated rings. The molecular formula is C15H18ClFN4O2. The number of aryl methyl sites for hydroxylation is 1. The Balaban J connectivity index is 1.86. The lowest BCUT2D eigenvalue weighted by atomic mass is 10.1. The maximum atomic E-state index is 13.0. The van der Waals surface area contributed by atoms with Gasteiger partial charge >= 0.3 is 6.03 Å². The highest BCUT2D eigenvalue weighted by atomic mass is 35.5. The van der Waals surface area contributed by atoms with Crippen LogP contribution in [0.4, 0.5) is 9.18 Å². The van der Waals surface area contributed by atoms with E-state index < -0.39 is 24.0 Å². The summed E-state index contributed by atoms with van der Waals surface area (Å²) in [4.78, 5) is 11.9. The maximum Gasteiger partial charge on any atom is 0.315 e. The number of nitrogens with one attached hydrogen (secondary N) is 2. The number of hydrogen-bond acceptors (Lipinski definition) is 3. The standard InChI is InChI=1S/C15H18ClFN4O2/c1-9(12-4-3-11(17)5-13(12)16)20-15(23)18-7-14(22)10-6-19-21(2)8-10/h3-6,8-9,14,22H,7H2,1-2H3,(H2,18,20,23). The van der Waals surface area contributed by atoms with Gasteiger partial charge in [-0.2, -0.15) is 5.10 Å². The van der Waals surface area contributed by atoms with Gasteiger partial charge in [0.05, 0.1) is 18.3 Å². The quantitative estimate of drug-likeness (QED) is 0.781. The molecule has 124 valence electrons. The Hall–Kier alpha value is -2.12. The molecule has 0 bridgehead atoms. The zero-order chi connectivity index (χ0) is 17.0. The van der Waals surface area contributed by atoms with Gasteiger partial charge in [-0.15, -0.1) is 0 Å². The third-order valence-electron chi connectivity index (χ3n) is 3.34. The highest BCUT2D eigenvalue weighted by molar-refractivity contribution is 6.31.